The molecule has 3 aromatic carbocycles. The minimum atomic E-state index is -0.321. The molecule has 8 heteroatoms. The molecule has 33 heavy (non-hydrogen) atoms. The van der Waals surface area contributed by atoms with Crippen LogP contribution in [0.15, 0.2) is 78.2 Å². The maximum atomic E-state index is 12.9. The monoisotopic (exact) mass is 477 g/mol. The first-order chi connectivity index (χ1) is 16.0. The van der Waals surface area contributed by atoms with Crippen molar-refractivity contribution in [2.45, 2.75) is 13.5 Å². The van der Waals surface area contributed by atoms with E-state index in [1.165, 1.54) is 0 Å². The second-order valence-electron chi connectivity index (χ2n) is 7.14. The highest BCUT2D eigenvalue weighted by Crippen LogP contribution is 2.24. The molecule has 166 valence electrons. The highest BCUT2D eigenvalue weighted by molar-refractivity contribution is 7.09. The Morgan fingerprint density at radius 3 is 2.21 bits per heavy atom. The van der Waals surface area contributed by atoms with Gasteiger partial charge in [-0.25, -0.2) is 4.98 Å². The molecule has 1 aromatic heterocycles. The molecule has 2 amide bonds. The van der Waals surface area contributed by atoms with Crippen molar-refractivity contribution in [2.24, 2.45) is 0 Å². The van der Waals surface area contributed by atoms with Gasteiger partial charge in [0.15, 0.2) is 0 Å². The number of carbonyl (C=O) groups is 2. The number of aryl methyl sites for hydroxylation is 1. The zero-order chi connectivity index (χ0) is 23.2. The minimum Gasteiger partial charge on any atom is -0.487 e. The third-order valence-corrected chi connectivity index (χ3v) is 5.75. The number of para-hydroxylation sites is 2. The number of benzene rings is 3. The van der Waals surface area contributed by atoms with E-state index >= 15 is 0 Å². The minimum absolute atomic E-state index is 0.305. The van der Waals surface area contributed by atoms with E-state index in [2.05, 4.69) is 15.6 Å². The number of hydrogen-bond donors (Lipinski definition) is 2. The van der Waals surface area contributed by atoms with Gasteiger partial charge in [0.2, 0.25) is 0 Å². The fourth-order valence-corrected chi connectivity index (χ4v) is 3.77. The standard InChI is InChI=1S/C25H20ClN3O3S/c1-16-27-20(15-33-16)14-32-21-6-4-5-18(13-21)25(31)29-23-8-3-2-7-22(23)28-24(30)17-9-11-19(26)12-10-17/h2-13,15H,14H2,1H3,(H,28,30)(H,29,31). The number of amides is 2. The van der Waals surface area contributed by atoms with Gasteiger partial charge in [-0.1, -0.05) is 29.8 Å². The first-order valence-corrected chi connectivity index (χ1v) is 11.3. The lowest BCUT2D eigenvalue weighted by molar-refractivity contribution is 0.101. The molecule has 0 aliphatic carbocycles. The van der Waals surface area contributed by atoms with Gasteiger partial charge in [-0.15, -0.1) is 11.3 Å². The Balaban J connectivity index is 1.44. The summed E-state index contributed by atoms with van der Waals surface area (Å²) in [6.45, 7) is 2.27. The predicted molar refractivity (Wildman–Crippen MR) is 131 cm³/mol. The van der Waals surface area contributed by atoms with E-state index in [4.69, 9.17) is 16.3 Å². The number of hydrogen-bond acceptors (Lipinski definition) is 5. The van der Waals surface area contributed by atoms with Crippen LogP contribution in [0.2, 0.25) is 5.02 Å². The van der Waals surface area contributed by atoms with E-state index in [-0.39, 0.29) is 11.8 Å². The number of aromatic nitrogens is 1. The summed E-state index contributed by atoms with van der Waals surface area (Å²) >= 11 is 7.45. The third kappa shape index (κ3) is 5.97. The number of nitrogens with one attached hydrogen (secondary N) is 2. The van der Waals surface area contributed by atoms with Gasteiger partial charge in [0.25, 0.3) is 11.8 Å². The summed E-state index contributed by atoms with van der Waals surface area (Å²) in [7, 11) is 0. The van der Waals surface area contributed by atoms with E-state index < -0.39 is 0 Å². The number of carbonyl (C=O) groups excluding carboxylic acids is 2. The molecule has 0 spiro atoms. The van der Waals surface area contributed by atoms with E-state index in [1.807, 2.05) is 12.3 Å². The van der Waals surface area contributed by atoms with Gasteiger partial charge in [-0.2, -0.15) is 0 Å². The maximum absolute atomic E-state index is 12.9. The van der Waals surface area contributed by atoms with Crippen LogP contribution in [0.3, 0.4) is 0 Å². The first-order valence-electron chi connectivity index (χ1n) is 10.1. The number of thiazole rings is 1. The van der Waals surface area contributed by atoms with Crippen molar-refractivity contribution in [3.05, 3.63) is 105 Å². The highest BCUT2D eigenvalue weighted by atomic mass is 35.5. The van der Waals surface area contributed by atoms with Crippen molar-refractivity contribution >= 4 is 46.1 Å². The van der Waals surface area contributed by atoms with Crippen molar-refractivity contribution in [3.8, 4) is 5.75 Å². The molecule has 0 unspecified atom stereocenters. The zero-order valence-electron chi connectivity index (χ0n) is 17.7. The van der Waals surface area contributed by atoms with Crippen molar-refractivity contribution in [1.82, 2.24) is 4.98 Å². The highest BCUT2D eigenvalue weighted by Gasteiger charge is 2.13. The Hall–Kier alpha value is -3.68. The normalized spacial score (nSPS) is 10.5. The van der Waals surface area contributed by atoms with E-state index in [0.29, 0.717) is 39.9 Å². The largest absolute Gasteiger partial charge is 0.487 e. The van der Waals surface area contributed by atoms with Crippen LogP contribution in [-0.4, -0.2) is 16.8 Å². The summed E-state index contributed by atoms with van der Waals surface area (Å²) in [5.74, 6) is -0.0585. The molecular formula is C25H20ClN3O3S. The average Bonchev–Trinajstić information content (AvgIpc) is 3.24. The first kappa shape index (κ1) is 22.5. The van der Waals surface area contributed by atoms with Gasteiger partial charge in [-0.3, -0.25) is 9.59 Å². The molecule has 0 bridgehead atoms. The molecule has 0 saturated heterocycles. The van der Waals surface area contributed by atoms with Crippen LogP contribution >= 0.6 is 22.9 Å². The molecule has 4 aromatic rings. The SMILES string of the molecule is Cc1nc(COc2cccc(C(=O)Nc3ccccc3NC(=O)c3ccc(Cl)cc3)c2)cs1. The topological polar surface area (TPSA) is 80.3 Å². The Morgan fingerprint density at radius 1 is 0.909 bits per heavy atom. The molecule has 0 radical (unpaired) electrons. The fourth-order valence-electron chi connectivity index (χ4n) is 3.05. The summed E-state index contributed by atoms with van der Waals surface area (Å²) in [6, 6.07) is 20.5. The van der Waals surface area contributed by atoms with Crippen LogP contribution in [-0.2, 0) is 6.61 Å². The summed E-state index contributed by atoms with van der Waals surface area (Å²) < 4.78 is 5.78. The lowest BCUT2D eigenvalue weighted by atomic mass is 10.1. The zero-order valence-corrected chi connectivity index (χ0v) is 19.2. The van der Waals surface area contributed by atoms with Crippen molar-refractivity contribution in [2.75, 3.05) is 10.6 Å². The Labute approximate surface area is 200 Å². The lowest BCUT2D eigenvalue weighted by Gasteiger charge is -2.13. The third-order valence-electron chi connectivity index (χ3n) is 4.68. The molecule has 1 heterocycles. The number of rotatable bonds is 7. The number of ether oxygens (including phenoxy) is 1. The quantitative estimate of drug-likeness (QED) is 0.332. The number of anilines is 2. The van der Waals surface area contributed by atoms with E-state index in [9.17, 15) is 9.59 Å². The molecule has 0 atom stereocenters. The van der Waals surface area contributed by atoms with Gasteiger partial charge < -0.3 is 15.4 Å². The Morgan fingerprint density at radius 2 is 1.58 bits per heavy atom. The van der Waals surface area contributed by atoms with E-state index in [0.717, 1.165) is 10.7 Å². The van der Waals surface area contributed by atoms with E-state index in [1.54, 1.807) is 84.1 Å². The van der Waals surface area contributed by atoms with Crippen LogP contribution < -0.4 is 15.4 Å². The van der Waals surface area contributed by atoms with Crippen LogP contribution in [0.1, 0.15) is 31.4 Å². The van der Waals surface area contributed by atoms with Gasteiger partial charge in [0.1, 0.15) is 12.4 Å². The maximum Gasteiger partial charge on any atom is 0.255 e. The Kier molecular flexibility index (Phi) is 7.02. The van der Waals surface area contributed by atoms with Gasteiger partial charge in [0, 0.05) is 21.5 Å². The molecular weight excluding hydrogens is 458 g/mol. The predicted octanol–water partition coefficient (Wildman–Crippen LogP) is 6.19. The van der Waals surface area contributed by atoms with Crippen molar-refractivity contribution in [3.63, 3.8) is 0 Å². The second kappa shape index (κ2) is 10.3. The number of nitrogens with zero attached hydrogens (tertiary/aromatic N) is 1. The summed E-state index contributed by atoms with van der Waals surface area (Å²) in [6.07, 6.45) is 0. The molecule has 2 N–H and O–H groups in total. The van der Waals surface area contributed by atoms with Crippen molar-refractivity contribution in [1.29, 1.82) is 0 Å². The van der Waals surface area contributed by atoms with Crippen molar-refractivity contribution < 1.29 is 14.3 Å². The molecule has 0 fully saturated rings. The lowest BCUT2D eigenvalue weighted by Crippen LogP contribution is -2.16. The van der Waals surface area contributed by atoms with Crippen LogP contribution in [0.4, 0.5) is 11.4 Å². The van der Waals surface area contributed by atoms with Crippen LogP contribution in [0.25, 0.3) is 0 Å². The molecule has 0 saturated carbocycles. The smallest absolute Gasteiger partial charge is 0.255 e. The summed E-state index contributed by atoms with van der Waals surface area (Å²) in [5.41, 5.74) is 2.70. The second-order valence-corrected chi connectivity index (χ2v) is 8.63. The molecule has 0 aliphatic heterocycles. The number of halogens is 1. The molecule has 6 nitrogen and oxygen atoms in total. The fraction of sp³-hybridized carbons (Fsp3) is 0.0800. The van der Waals surface area contributed by atoms with Gasteiger partial charge in [0.05, 0.1) is 22.1 Å². The Bertz CT molecular complexity index is 1290. The van der Waals surface area contributed by atoms with Gasteiger partial charge >= 0.3 is 0 Å². The summed E-state index contributed by atoms with van der Waals surface area (Å²) in [4.78, 5) is 29.8. The van der Waals surface area contributed by atoms with Gasteiger partial charge in [-0.05, 0) is 61.5 Å². The average molecular weight is 478 g/mol. The van der Waals surface area contributed by atoms with Crippen LogP contribution in [0, 0.1) is 6.92 Å². The molecule has 0 aliphatic rings. The van der Waals surface area contributed by atoms with Crippen LogP contribution in [0.5, 0.6) is 5.75 Å². The summed E-state index contributed by atoms with van der Waals surface area (Å²) in [5, 5.41) is 9.15. The molecule has 4 rings (SSSR count).